The van der Waals surface area contributed by atoms with E-state index in [-0.39, 0.29) is 11.9 Å². The summed E-state index contributed by atoms with van der Waals surface area (Å²) in [7, 11) is 0. The molecule has 1 saturated heterocycles. The van der Waals surface area contributed by atoms with Gasteiger partial charge in [-0.05, 0) is 19.0 Å². The summed E-state index contributed by atoms with van der Waals surface area (Å²) in [6.07, 6.45) is 2.79. The monoisotopic (exact) mass is 267 g/mol. The minimum absolute atomic E-state index is 0.0653. The standard InChI is InChI=1S/C15H22FNO2/c1-2-8-17-11-12-4-3-5-14(16)15(12)19-13-6-9-18-10-7-13/h3-5,13,17H,2,6-11H2,1H3. The zero-order chi connectivity index (χ0) is 13.5. The summed E-state index contributed by atoms with van der Waals surface area (Å²) in [5.74, 6) is 0.125. The molecule has 1 heterocycles. The average molecular weight is 267 g/mol. The van der Waals surface area contributed by atoms with Gasteiger partial charge in [-0.15, -0.1) is 0 Å². The normalized spacial score (nSPS) is 16.5. The number of ether oxygens (including phenoxy) is 2. The molecule has 1 aliphatic rings. The van der Waals surface area contributed by atoms with Crippen LogP contribution in [0.2, 0.25) is 0 Å². The highest BCUT2D eigenvalue weighted by Gasteiger charge is 2.19. The molecule has 4 heteroatoms. The highest BCUT2D eigenvalue weighted by molar-refractivity contribution is 5.35. The summed E-state index contributed by atoms with van der Waals surface area (Å²) >= 11 is 0. The second kappa shape index (κ2) is 7.46. The van der Waals surface area contributed by atoms with E-state index >= 15 is 0 Å². The third kappa shape index (κ3) is 4.18. The minimum atomic E-state index is -0.276. The van der Waals surface area contributed by atoms with E-state index in [2.05, 4.69) is 12.2 Å². The molecule has 106 valence electrons. The number of para-hydroxylation sites is 1. The zero-order valence-corrected chi connectivity index (χ0v) is 11.5. The Bertz CT molecular complexity index is 392. The van der Waals surface area contributed by atoms with Crippen LogP contribution >= 0.6 is 0 Å². The van der Waals surface area contributed by atoms with Crippen LogP contribution in [0.25, 0.3) is 0 Å². The van der Waals surface area contributed by atoms with E-state index in [1.165, 1.54) is 6.07 Å². The molecule has 1 aliphatic heterocycles. The van der Waals surface area contributed by atoms with Crippen LogP contribution in [0, 0.1) is 5.82 Å². The van der Waals surface area contributed by atoms with Crippen LogP contribution in [-0.2, 0) is 11.3 Å². The van der Waals surface area contributed by atoms with Crippen molar-refractivity contribution in [1.82, 2.24) is 5.32 Å². The van der Waals surface area contributed by atoms with Crippen LogP contribution in [-0.4, -0.2) is 25.9 Å². The lowest BCUT2D eigenvalue weighted by Gasteiger charge is -2.24. The SMILES string of the molecule is CCCNCc1cccc(F)c1OC1CCOCC1. The largest absolute Gasteiger partial charge is 0.487 e. The maximum absolute atomic E-state index is 13.9. The second-order valence-electron chi connectivity index (χ2n) is 4.83. The van der Waals surface area contributed by atoms with Crippen LogP contribution < -0.4 is 10.1 Å². The van der Waals surface area contributed by atoms with Crippen LogP contribution in [0.3, 0.4) is 0 Å². The van der Waals surface area contributed by atoms with E-state index in [4.69, 9.17) is 9.47 Å². The molecule has 0 saturated carbocycles. The molecule has 1 aromatic carbocycles. The van der Waals surface area contributed by atoms with Gasteiger partial charge in [-0.2, -0.15) is 0 Å². The van der Waals surface area contributed by atoms with E-state index < -0.39 is 0 Å². The molecule has 19 heavy (non-hydrogen) atoms. The summed E-state index contributed by atoms with van der Waals surface area (Å²) in [5.41, 5.74) is 0.889. The lowest BCUT2D eigenvalue weighted by atomic mass is 10.1. The number of halogens is 1. The number of rotatable bonds is 6. The lowest BCUT2D eigenvalue weighted by Crippen LogP contribution is -2.27. The highest BCUT2D eigenvalue weighted by Crippen LogP contribution is 2.26. The summed E-state index contributed by atoms with van der Waals surface area (Å²) in [6.45, 7) is 5.07. The predicted molar refractivity (Wildman–Crippen MR) is 72.9 cm³/mol. The number of hydrogen-bond donors (Lipinski definition) is 1. The van der Waals surface area contributed by atoms with Crippen molar-refractivity contribution in [3.63, 3.8) is 0 Å². The predicted octanol–water partition coefficient (Wildman–Crippen LogP) is 2.88. The van der Waals surface area contributed by atoms with E-state index in [1.54, 1.807) is 6.07 Å². The minimum Gasteiger partial charge on any atom is -0.487 e. The number of benzene rings is 1. The molecule has 0 radical (unpaired) electrons. The van der Waals surface area contributed by atoms with Crippen molar-refractivity contribution in [2.75, 3.05) is 19.8 Å². The van der Waals surface area contributed by atoms with Gasteiger partial charge in [-0.25, -0.2) is 4.39 Å². The third-order valence-electron chi connectivity index (χ3n) is 3.24. The Balaban J connectivity index is 2.03. The summed E-state index contributed by atoms with van der Waals surface area (Å²) in [4.78, 5) is 0. The maximum atomic E-state index is 13.9. The fraction of sp³-hybridized carbons (Fsp3) is 0.600. The summed E-state index contributed by atoms with van der Waals surface area (Å²) < 4.78 is 25.1. The Morgan fingerprint density at radius 1 is 1.37 bits per heavy atom. The lowest BCUT2D eigenvalue weighted by molar-refractivity contribution is 0.0236. The first kappa shape index (κ1) is 14.3. The Kier molecular flexibility index (Phi) is 5.61. The summed E-state index contributed by atoms with van der Waals surface area (Å²) in [6, 6.07) is 5.10. The van der Waals surface area contributed by atoms with Crippen LogP contribution in [0.1, 0.15) is 31.7 Å². The van der Waals surface area contributed by atoms with Crippen molar-refractivity contribution in [2.24, 2.45) is 0 Å². The Morgan fingerprint density at radius 2 is 2.16 bits per heavy atom. The Hall–Kier alpha value is -1.13. The number of hydrogen-bond acceptors (Lipinski definition) is 3. The molecule has 0 spiro atoms. The van der Waals surface area contributed by atoms with Crippen LogP contribution in [0.15, 0.2) is 18.2 Å². The van der Waals surface area contributed by atoms with Crippen LogP contribution in [0.5, 0.6) is 5.75 Å². The highest BCUT2D eigenvalue weighted by atomic mass is 19.1. The molecular formula is C15H22FNO2. The average Bonchev–Trinajstić information content (AvgIpc) is 2.44. The van der Waals surface area contributed by atoms with Gasteiger partial charge < -0.3 is 14.8 Å². The smallest absolute Gasteiger partial charge is 0.165 e. The van der Waals surface area contributed by atoms with Gasteiger partial charge in [0.05, 0.1) is 13.2 Å². The third-order valence-corrected chi connectivity index (χ3v) is 3.24. The van der Waals surface area contributed by atoms with Crippen molar-refractivity contribution < 1.29 is 13.9 Å². The molecule has 0 bridgehead atoms. The van der Waals surface area contributed by atoms with Gasteiger partial charge in [-0.3, -0.25) is 0 Å². The molecule has 0 unspecified atom stereocenters. The van der Waals surface area contributed by atoms with Crippen molar-refractivity contribution in [2.45, 2.75) is 38.8 Å². The Morgan fingerprint density at radius 3 is 2.89 bits per heavy atom. The topological polar surface area (TPSA) is 30.5 Å². The van der Waals surface area contributed by atoms with Gasteiger partial charge in [0.25, 0.3) is 0 Å². The molecular weight excluding hydrogens is 245 g/mol. The van der Waals surface area contributed by atoms with Gasteiger partial charge in [-0.1, -0.05) is 19.1 Å². The zero-order valence-electron chi connectivity index (χ0n) is 11.5. The fourth-order valence-corrected chi connectivity index (χ4v) is 2.18. The van der Waals surface area contributed by atoms with E-state index in [9.17, 15) is 4.39 Å². The van der Waals surface area contributed by atoms with Crippen LogP contribution in [0.4, 0.5) is 4.39 Å². The van der Waals surface area contributed by atoms with Crippen molar-refractivity contribution >= 4 is 0 Å². The first-order valence-corrected chi connectivity index (χ1v) is 7.03. The molecule has 1 fully saturated rings. The quantitative estimate of drug-likeness (QED) is 0.804. The Labute approximate surface area is 114 Å². The van der Waals surface area contributed by atoms with Gasteiger partial charge >= 0.3 is 0 Å². The molecule has 0 aromatic heterocycles. The molecule has 2 rings (SSSR count). The van der Waals surface area contributed by atoms with Gasteiger partial charge in [0.2, 0.25) is 0 Å². The van der Waals surface area contributed by atoms with Gasteiger partial charge in [0, 0.05) is 24.9 Å². The van der Waals surface area contributed by atoms with E-state index in [0.29, 0.717) is 25.5 Å². The molecule has 1 aromatic rings. The summed E-state index contributed by atoms with van der Waals surface area (Å²) in [5, 5.41) is 3.28. The fourth-order valence-electron chi connectivity index (χ4n) is 2.18. The van der Waals surface area contributed by atoms with E-state index in [1.807, 2.05) is 6.07 Å². The molecule has 0 atom stereocenters. The van der Waals surface area contributed by atoms with Crippen molar-refractivity contribution in [3.8, 4) is 5.75 Å². The maximum Gasteiger partial charge on any atom is 0.165 e. The van der Waals surface area contributed by atoms with Crippen molar-refractivity contribution in [1.29, 1.82) is 0 Å². The van der Waals surface area contributed by atoms with Gasteiger partial charge in [0.15, 0.2) is 11.6 Å². The first-order chi connectivity index (χ1) is 9.31. The molecule has 1 N–H and O–H groups in total. The second-order valence-corrected chi connectivity index (χ2v) is 4.83. The van der Waals surface area contributed by atoms with Crippen molar-refractivity contribution in [3.05, 3.63) is 29.6 Å². The van der Waals surface area contributed by atoms with Gasteiger partial charge in [0.1, 0.15) is 6.10 Å². The molecule has 0 aliphatic carbocycles. The molecule has 3 nitrogen and oxygen atoms in total. The van der Waals surface area contributed by atoms with E-state index in [0.717, 1.165) is 31.4 Å². The first-order valence-electron chi connectivity index (χ1n) is 7.03. The number of nitrogens with one attached hydrogen (secondary N) is 1. The molecule has 0 amide bonds.